The minimum Gasteiger partial charge on any atom is -0.370 e. The van der Waals surface area contributed by atoms with E-state index in [9.17, 15) is 18.0 Å². The predicted molar refractivity (Wildman–Crippen MR) is 156 cm³/mol. The summed E-state index contributed by atoms with van der Waals surface area (Å²) in [4.78, 5) is 14.1. The second-order valence-corrected chi connectivity index (χ2v) is 12.2. The van der Waals surface area contributed by atoms with Crippen LogP contribution in [0.15, 0.2) is 54.7 Å². The SMILES string of the molecule is Cc1c(-c2ccc(N3CCSCC3)cc2)cnn1-c1ccc(F)cc1.N#CC1(NC(=O)C2CCCC(F)(F)C2)CC1. The number of amides is 1. The number of aromatic nitrogens is 2. The van der Waals surface area contributed by atoms with Crippen molar-refractivity contribution in [2.24, 2.45) is 5.92 Å². The first-order valence-electron chi connectivity index (χ1n) is 14.0. The van der Waals surface area contributed by atoms with Crippen LogP contribution in [-0.2, 0) is 4.79 Å². The second-order valence-electron chi connectivity index (χ2n) is 11.0. The van der Waals surface area contributed by atoms with Crippen molar-refractivity contribution < 1.29 is 18.0 Å². The number of halogens is 3. The highest BCUT2D eigenvalue weighted by atomic mass is 32.2. The molecule has 6 rings (SSSR count). The van der Waals surface area contributed by atoms with Gasteiger partial charge < -0.3 is 10.2 Å². The molecule has 1 aromatic heterocycles. The lowest BCUT2D eigenvalue weighted by Crippen LogP contribution is -2.43. The number of hydrogen-bond donors (Lipinski definition) is 1. The summed E-state index contributed by atoms with van der Waals surface area (Å²) in [5, 5.41) is 15.9. The van der Waals surface area contributed by atoms with Crippen molar-refractivity contribution in [3.05, 3.63) is 66.2 Å². The van der Waals surface area contributed by atoms with E-state index in [2.05, 4.69) is 39.6 Å². The lowest BCUT2D eigenvalue weighted by molar-refractivity contribution is -0.132. The van der Waals surface area contributed by atoms with Gasteiger partial charge >= 0.3 is 0 Å². The topological polar surface area (TPSA) is 74.0 Å². The molecular formula is C31H34F3N5OS. The zero-order chi connectivity index (χ0) is 29.0. The molecule has 2 saturated carbocycles. The van der Waals surface area contributed by atoms with Gasteiger partial charge in [0.2, 0.25) is 11.8 Å². The molecule has 1 atom stereocenters. The number of nitrogens with one attached hydrogen (secondary N) is 1. The number of anilines is 1. The Balaban J connectivity index is 0.000000182. The molecule has 3 fully saturated rings. The van der Waals surface area contributed by atoms with Crippen molar-refractivity contribution in [2.45, 2.75) is 56.9 Å². The lowest BCUT2D eigenvalue weighted by atomic mass is 9.86. The van der Waals surface area contributed by atoms with E-state index in [0.29, 0.717) is 25.7 Å². The van der Waals surface area contributed by atoms with Gasteiger partial charge in [-0.15, -0.1) is 0 Å². The van der Waals surface area contributed by atoms with Crippen molar-refractivity contribution in [3.8, 4) is 22.9 Å². The number of rotatable bonds is 5. The fraction of sp³-hybridized carbons (Fsp3) is 0.452. The van der Waals surface area contributed by atoms with E-state index in [1.54, 1.807) is 12.1 Å². The minimum atomic E-state index is -2.72. The number of alkyl halides is 2. The summed E-state index contributed by atoms with van der Waals surface area (Å²) in [6.07, 6.45) is 3.54. The lowest BCUT2D eigenvalue weighted by Gasteiger charge is -2.28. The van der Waals surface area contributed by atoms with Crippen molar-refractivity contribution in [1.82, 2.24) is 15.1 Å². The first-order valence-corrected chi connectivity index (χ1v) is 15.2. The Hall–Kier alpha value is -3.45. The van der Waals surface area contributed by atoms with Gasteiger partial charge in [-0.25, -0.2) is 17.9 Å². The van der Waals surface area contributed by atoms with Crippen LogP contribution in [0.2, 0.25) is 0 Å². The molecular weight excluding hydrogens is 547 g/mol. The molecule has 10 heteroatoms. The number of carbonyl (C=O) groups is 1. The van der Waals surface area contributed by atoms with Gasteiger partial charge in [0.1, 0.15) is 11.4 Å². The van der Waals surface area contributed by atoms with Crippen molar-refractivity contribution >= 4 is 23.4 Å². The standard InChI is InChI=1S/C20H20FN3S.C11H14F2N2O/c1-15-20(14-22-24(15)19-8-4-17(21)5-9-19)16-2-6-18(7-3-16)23-10-12-25-13-11-23;12-11(13)3-1-2-8(6-11)9(16)15-10(7-14)4-5-10/h2-9,14H,10-13H2,1H3;8H,1-6H2,(H,15,16). The van der Waals surface area contributed by atoms with E-state index in [1.807, 2.05) is 35.6 Å². The van der Waals surface area contributed by atoms with Gasteiger partial charge in [0.05, 0.1) is 18.0 Å². The summed E-state index contributed by atoms with van der Waals surface area (Å²) in [7, 11) is 0. The fourth-order valence-electron chi connectivity index (χ4n) is 5.33. The van der Waals surface area contributed by atoms with Crippen molar-refractivity contribution in [3.63, 3.8) is 0 Å². The quantitative estimate of drug-likeness (QED) is 0.371. The molecule has 2 heterocycles. The van der Waals surface area contributed by atoms with E-state index in [4.69, 9.17) is 5.26 Å². The smallest absolute Gasteiger partial charge is 0.248 e. The zero-order valence-corrected chi connectivity index (χ0v) is 23.9. The van der Waals surface area contributed by atoms with Gasteiger partial charge in [0.15, 0.2) is 0 Å². The molecule has 2 aromatic carbocycles. The first kappa shape index (κ1) is 29.1. The zero-order valence-electron chi connectivity index (χ0n) is 23.1. The highest BCUT2D eigenvalue weighted by Gasteiger charge is 2.47. The molecule has 41 heavy (non-hydrogen) atoms. The van der Waals surface area contributed by atoms with Gasteiger partial charge in [-0.2, -0.15) is 22.1 Å². The molecule has 1 unspecified atom stereocenters. The summed E-state index contributed by atoms with van der Waals surface area (Å²) >= 11 is 2.02. The van der Waals surface area contributed by atoms with Crippen LogP contribution in [0, 0.1) is 30.0 Å². The molecule has 6 nitrogen and oxygen atoms in total. The van der Waals surface area contributed by atoms with Crippen molar-refractivity contribution in [2.75, 3.05) is 29.5 Å². The molecule has 1 saturated heterocycles. The number of benzene rings is 2. The molecule has 1 N–H and O–H groups in total. The maximum atomic E-state index is 13.1. The molecule has 2 aliphatic carbocycles. The molecule has 1 amide bonds. The molecule has 216 valence electrons. The summed E-state index contributed by atoms with van der Waals surface area (Å²) in [5.41, 5.74) is 4.71. The van der Waals surface area contributed by atoms with Crippen LogP contribution in [0.1, 0.15) is 44.2 Å². The molecule has 1 aliphatic heterocycles. The Morgan fingerprint density at radius 2 is 1.71 bits per heavy atom. The summed E-state index contributed by atoms with van der Waals surface area (Å²) < 4.78 is 41.2. The van der Waals surface area contributed by atoms with Crippen LogP contribution in [0.3, 0.4) is 0 Å². The van der Waals surface area contributed by atoms with E-state index in [0.717, 1.165) is 35.6 Å². The van der Waals surface area contributed by atoms with Crippen LogP contribution in [0.4, 0.5) is 18.9 Å². The Bertz CT molecular complexity index is 1390. The second kappa shape index (κ2) is 12.2. The fourth-order valence-corrected chi connectivity index (χ4v) is 6.24. The normalized spacial score (nSPS) is 20.8. The third-order valence-electron chi connectivity index (χ3n) is 7.97. The Kier molecular flexibility index (Phi) is 8.64. The number of carbonyl (C=O) groups excluding carboxylic acids is 1. The van der Waals surface area contributed by atoms with E-state index in [-0.39, 0.29) is 24.6 Å². The number of thioether (sulfide) groups is 1. The maximum absolute atomic E-state index is 13.1. The van der Waals surface area contributed by atoms with E-state index >= 15 is 0 Å². The molecule has 0 spiro atoms. The Labute approximate surface area is 242 Å². The van der Waals surface area contributed by atoms with Gasteiger partial charge in [0, 0.05) is 60.3 Å². The minimum absolute atomic E-state index is 0.125. The maximum Gasteiger partial charge on any atom is 0.248 e. The number of nitrogens with zero attached hydrogens (tertiary/aromatic N) is 4. The van der Waals surface area contributed by atoms with Crippen molar-refractivity contribution in [1.29, 1.82) is 5.26 Å². The Morgan fingerprint density at radius 3 is 2.32 bits per heavy atom. The predicted octanol–water partition coefficient (Wildman–Crippen LogP) is 6.52. The third kappa shape index (κ3) is 7.07. The summed E-state index contributed by atoms with van der Waals surface area (Å²) in [6.45, 7) is 4.28. The van der Waals surface area contributed by atoms with E-state index < -0.39 is 17.4 Å². The average Bonchev–Trinajstić information content (AvgIpc) is 3.65. The number of nitriles is 1. The van der Waals surface area contributed by atoms with Crippen LogP contribution in [0.5, 0.6) is 0 Å². The highest BCUT2D eigenvalue weighted by molar-refractivity contribution is 7.99. The van der Waals surface area contributed by atoms with Gasteiger partial charge in [-0.1, -0.05) is 12.1 Å². The van der Waals surface area contributed by atoms with Gasteiger partial charge in [-0.3, -0.25) is 4.79 Å². The average molecular weight is 582 g/mol. The van der Waals surface area contributed by atoms with E-state index in [1.165, 1.54) is 29.3 Å². The van der Waals surface area contributed by atoms with Crippen LogP contribution < -0.4 is 10.2 Å². The molecule has 3 aromatic rings. The van der Waals surface area contributed by atoms with Gasteiger partial charge in [0.25, 0.3) is 0 Å². The molecule has 3 aliphatic rings. The number of hydrogen-bond acceptors (Lipinski definition) is 5. The van der Waals surface area contributed by atoms with Crippen LogP contribution in [-0.4, -0.2) is 51.7 Å². The first-order chi connectivity index (χ1) is 19.7. The third-order valence-corrected chi connectivity index (χ3v) is 8.92. The monoisotopic (exact) mass is 581 g/mol. The highest BCUT2D eigenvalue weighted by Crippen LogP contribution is 2.39. The molecule has 0 bridgehead atoms. The molecule has 0 radical (unpaired) electrons. The van der Waals surface area contributed by atoms with Gasteiger partial charge in [-0.05, 0) is 74.6 Å². The van der Waals surface area contributed by atoms with Crippen LogP contribution >= 0.6 is 11.8 Å². The Morgan fingerprint density at radius 1 is 1.05 bits per heavy atom. The summed E-state index contributed by atoms with van der Waals surface area (Å²) in [5.74, 6) is -1.56. The summed E-state index contributed by atoms with van der Waals surface area (Å²) in [6, 6.07) is 17.2. The largest absolute Gasteiger partial charge is 0.370 e. The van der Waals surface area contributed by atoms with Crippen LogP contribution in [0.25, 0.3) is 16.8 Å².